The van der Waals surface area contributed by atoms with Crippen LogP contribution in [0, 0.1) is 11.8 Å². The first-order chi connectivity index (χ1) is 19.0. The second-order valence-electron chi connectivity index (χ2n) is 11.5. The number of ether oxygens (including phenoxy) is 2. The first kappa shape index (κ1) is 27.9. The van der Waals surface area contributed by atoms with E-state index in [0.717, 1.165) is 51.4 Å². The van der Waals surface area contributed by atoms with Gasteiger partial charge in [-0.3, -0.25) is 9.59 Å². The number of nitrogens with one attached hydrogen (secondary N) is 1. The summed E-state index contributed by atoms with van der Waals surface area (Å²) in [5.74, 6) is 0.241. The third kappa shape index (κ3) is 5.54. The number of aliphatic hydroxyl groups is 3. The van der Waals surface area contributed by atoms with Crippen LogP contribution in [-0.4, -0.2) is 77.1 Å². The van der Waals surface area contributed by atoms with E-state index >= 15 is 0 Å². The van der Waals surface area contributed by atoms with Gasteiger partial charge in [0, 0.05) is 30.1 Å². The maximum atomic E-state index is 14.0. The minimum absolute atomic E-state index is 0.0580. The Balaban J connectivity index is 1.56. The first-order valence-electron chi connectivity index (χ1n) is 14.5. The van der Waals surface area contributed by atoms with E-state index < -0.39 is 24.2 Å². The van der Waals surface area contributed by atoms with Crippen molar-refractivity contribution in [2.45, 2.75) is 88.6 Å². The van der Waals surface area contributed by atoms with E-state index in [1.165, 1.54) is 13.5 Å². The maximum Gasteiger partial charge on any atom is 0.247 e. The normalized spacial score (nSPS) is 26.8. The number of hydrogen-bond donors (Lipinski definition) is 4. The summed E-state index contributed by atoms with van der Waals surface area (Å²) in [6.45, 7) is 0.221. The molecule has 2 fully saturated rings. The van der Waals surface area contributed by atoms with Crippen LogP contribution in [0.4, 0.5) is 0 Å². The molecule has 9 nitrogen and oxygen atoms in total. The van der Waals surface area contributed by atoms with Crippen molar-refractivity contribution in [2.75, 3.05) is 26.8 Å². The van der Waals surface area contributed by atoms with E-state index in [-0.39, 0.29) is 37.5 Å². The van der Waals surface area contributed by atoms with Gasteiger partial charge < -0.3 is 35.0 Å². The van der Waals surface area contributed by atoms with Crippen LogP contribution in [0.3, 0.4) is 0 Å². The summed E-state index contributed by atoms with van der Waals surface area (Å²) in [6, 6.07) is 2.76. The Labute approximate surface area is 230 Å². The number of fused-ring (bicyclic) bond motifs is 3. The molecule has 0 radical (unpaired) electrons. The van der Waals surface area contributed by atoms with Gasteiger partial charge >= 0.3 is 0 Å². The highest BCUT2D eigenvalue weighted by atomic mass is 16.5. The highest BCUT2D eigenvalue weighted by molar-refractivity contribution is 5.96. The Kier molecular flexibility index (Phi) is 8.79. The van der Waals surface area contributed by atoms with Crippen molar-refractivity contribution in [1.29, 1.82) is 0 Å². The van der Waals surface area contributed by atoms with Gasteiger partial charge in [-0.25, -0.2) is 0 Å². The van der Waals surface area contributed by atoms with Crippen molar-refractivity contribution in [3.05, 3.63) is 34.9 Å². The SMILES string of the molecule is COc1cc(CO)cc2c1O[C@@H]1[C@@H](O)[C@H](N(CC3CCCCC3)C(=O)C3CCCC3)C=C(C(=O)NCCO)[C@H]21. The predicted molar refractivity (Wildman–Crippen MR) is 144 cm³/mol. The Morgan fingerprint density at radius 2 is 1.79 bits per heavy atom. The van der Waals surface area contributed by atoms with E-state index in [0.29, 0.717) is 40.7 Å². The van der Waals surface area contributed by atoms with Gasteiger partial charge in [-0.2, -0.15) is 0 Å². The molecule has 4 atom stereocenters. The topological polar surface area (TPSA) is 129 Å². The van der Waals surface area contributed by atoms with Crippen LogP contribution < -0.4 is 14.8 Å². The zero-order valence-electron chi connectivity index (χ0n) is 22.8. The standard InChI is InChI=1S/C30H42N2O7/c1-38-24-14-19(17-34)13-21-25-22(29(36)31-11-12-33)15-23(26(35)28(25)39-27(21)24)32(16-18-7-3-2-4-8-18)30(37)20-9-5-6-10-20/h13-15,18,20,23,25-26,28,33-35H,2-12,16-17H2,1H3,(H,31,36)/t23-,25+,26+,28+/m1/s1. The average molecular weight is 543 g/mol. The molecule has 2 saturated carbocycles. The van der Waals surface area contributed by atoms with Crippen LogP contribution in [0.2, 0.25) is 0 Å². The van der Waals surface area contributed by atoms with Crippen LogP contribution >= 0.6 is 0 Å². The number of nitrogens with zero attached hydrogens (tertiary/aromatic N) is 1. The highest BCUT2D eigenvalue weighted by Crippen LogP contribution is 2.51. The number of rotatable bonds is 9. The van der Waals surface area contributed by atoms with Gasteiger partial charge in [-0.15, -0.1) is 0 Å². The van der Waals surface area contributed by atoms with Gasteiger partial charge in [-0.05, 0) is 55.4 Å². The molecule has 0 saturated heterocycles. The zero-order chi connectivity index (χ0) is 27.5. The first-order valence-corrected chi connectivity index (χ1v) is 14.5. The smallest absolute Gasteiger partial charge is 0.247 e. The van der Waals surface area contributed by atoms with Crippen LogP contribution in [-0.2, 0) is 16.2 Å². The number of amides is 2. The second kappa shape index (κ2) is 12.3. The second-order valence-corrected chi connectivity index (χ2v) is 11.5. The van der Waals surface area contributed by atoms with Gasteiger partial charge in [0.05, 0.1) is 32.3 Å². The van der Waals surface area contributed by atoms with E-state index in [4.69, 9.17) is 9.47 Å². The molecule has 3 aliphatic carbocycles. The quantitative estimate of drug-likeness (QED) is 0.377. The molecule has 1 heterocycles. The Morgan fingerprint density at radius 3 is 2.46 bits per heavy atom. The van der Waals surface area contributed by atoms with Crippen LogP contribution in [0.5, 0.6) is 11.5 Å². The Bertz CT molecular complexity index is 1080. The fourth-order valence-electron chi connectivity index (χ4n) is 7.03. The fraction of sp³-hybridized carbons (Fsp3) is 0.667. The third-order valence-electron chi connectivity index (χ3n) is 9.02. The van der Waals surface area contributed by atoms with Crippen molar-refractivity contribution >= 4 is 11.8 Å². The minimum Gasteiger partial charge on any atom is -0.493 e. The molecule has 214 valence electrons. The van der Waals surface area contributed by atoms with Gasteiger partial charge in [0.2, 0.25) is 11.8 Å². The summed E-state index contributed by atoms with van der Waals surface area (Å²) in [6.07, 6.45) is 9.26. The van der Waals surface area contributed by atoms with Crippen molar-refractivity contribution in [3.63, 3.8) is 0 Å². The Morgan fingerprint density at radius 1 is 1.08 bits per heavy atom. The lowest BCUT2D eigenvalue weighted by molar-refractivity contribution is -0.142. The molecule has 1 aromatic carbocycles. The van der Waals surface area contributed by atoms with E-state index in [9.17, 15) is 24.9 Å². The average Bonchev–Trinajstić information content (AvgIpc) is 3.64. The molecular weight excluding hydrogens is 500 g/mol. The van der Waals surface area contributed by atoms with Crippen LogP contribution in [0.25, 0.3) is 0 Å². The molecule has 4 N–H and O–H groups in total. The maximum absolute atomic E-state index is 14.0. The highest BCUT2D eigenvalue weighted by Gasteiger charge is 2.52. The molecule has 39 heavy (non-hydrogen) atoms. The molecule has 2 amide bonds. The molecule has 0 aromatic heterocycles. The monoisotopic (exact) mass is 542 g/mol. The number of hydrogen-bond acceptors (Lipinski definition) is 7. The van der Waals surface area contributed by atoms with E-state index in [1.54, 1.807) is 18.2 Å². The molecule has 1 aromatic rings. The predicted octanol–water partition coefficient (Wildman–Crippen LogP) is 2.41. The van der Waals surface area contributed by atoms with Gasteiger partial charge in [0.1, 0.15) is 12.2 Å². The summed E-state index contributed by atoms with van der Waals surface area (Å²) < 4.78 is 11.9. The van der Waals surface area contributed by atoms with E-state index in [1.807, 2.05) is 4.90 Å². The summed E-state index contributed by atoms with van der Waals surface area (Å²) >= 11 is 0. The minimum atomic E-state index is -1.06. The van der Waals surface area contributed by atoms with Gasteiger partial charge in [0.25, 0.3) is 0 Å². The lowest BCUT2D eigenvalue weighted by atomic mass is 9.76. The summed E-state index contributed by atoms with van der Waals surface area (Å²) in [5.41, 5.74) is 1.66. The number of aliphatic hydroxyl groups excluding tert-OH is 3. The lowest BCUT2D eigenvalue weighted by Crippen LogP contribution is -2.57. The number of methoxy groups -OCH3 is 1. The number of carbonyl (C=O) groups is 2. The molecule has 0 spiro atoms. The lowest BCUT2D eigenvalue weighted by Gasteiger charge is -2.43. The van der Waals surface area contributed by atoms with Crippen molar-refractivity contribution in [2.24, 2.45) is 11.8 Å². The summed E-state index contributed by atoms with van der Waals surface area (Å²) in [4.78, 5) is 29.3. The van der Waals surface area contributed by atoms with Crippen LogP contribution in [0.1, 0.15) is 74.8 Å². The molecule has 9 heteroatoms. The van der Waals surface area contributed by atoms with Crippen molar-refractivity contribution in [3.8, 4) is 11.5 Å². The molecule has 0 unspecified atom stereocenters. The summed E-state index contributed by atoms with van der Waals surface area (Å²) in [5, 5.41) is 33.8. The Hall–Kier alpha value is -2.62. The molecular formula is C30H42N2O7. The molecule has 4 aliphatic rings. The van der Waals surface area contributed by atoms with Crippen LogP contribution in [0.15, 0.2) is 23.8 Å². The fourth-order valence-corrected chi connectivity index (χ4v) is 7.03. The van der Waals surface area contributed by atoms with Crippen molar-refractivity contribution in [1.82, 2.24) is 10.2 Å². The molecule has 1 aliphatic heterocycles. The van der Waals surface area contributed by atoms with Crippen molar-refractivity contribution < 1.29 is 34.4 Å². The van der Waals surface area contributed by atoms with E-state index in [2.05, 4.69) is 5.32 Å². The largest absolute Gasteiger partial charge is 0.493 e. The number of carbonyl (C=O) groups excluding carboxylic acids is 2. The summed E-state index contributed by atoms with van der Waals surface area (Å²) in [7, 11) is 1.51. The molecule has 5 rings (SSSR count). The number of benzene rings is 1. The third-order valence-corrected chi connectivity index (χ3v) is 9.02. The zero-order valence-corrected chi connectivity index (χ0v) is 22.8. The van der Waals surface area contributed by atoms with Gasteiger partial charge in [-0.1, -0.05) is 32.1 Å². The van der Waals surface area contributed by atoms with Gasteiger partial charge in [0.15, 0.2) is 11.5 Å². The molecule has 0 bridgehead atoms.